The Bertz CT molecular complexity index is 1080. The van der Waals surface area contributed by atoms with Crippen LogP contribution >= 0.6 is 12.2 Å². The molecular formula is C31H35ClN2O4P2Pd. The van der Waals surface area contributed by atoms with Crippen molar-refractivity contribution in [2.75, 3.05) is 0 Å². The molecule has 0 saturated carbocycles. The molecule has 1 N–H and O–H groups in total. The van der Waals surface area contributed by atoms with Gasteiger partial charge in [-0.2, -0.15) is 24.5 Å². The fraction of sp³-hybridized carbons (Fsp3) is 0.161. The second-order valence-corrected chi connectivity index (χ2v) is 18.8. The number of nitrogens with zero attached hydrogens (tertiary/aromatic N) is 2. The molecule has 41 heavy (non-hydrogen) atoms. The summed E-state index contributed by atoms with van der Waals surface area (Å²) in [7, 11) is -4.69. The minimum atomic E-state index is -4.69. The predicted molar refractivity (Wildman–Crippen MR) is 159 cm³/mol. The molecule has 0 fully saturated rings. The second-order valence-electron chi connectivity index (χ2n) is 7.46. The Kier molecular flexibility index (Phi) is 22.7. The first-order valence-corrected chi connectivity index (χ1v) is 20.1. The number of hydrogen-bond acceptors (Lipinski definition) is 6. The maximum atomic E-state index is 8.60. The van der Waals surface area contributed by atoms with Crippen LogP contribution in [0.3, 0.4) is 0 Å². The van der Waals surface area contributed by atoms with E-state index in [4.69, 9.17) is 29.2 Å². The molecule has 0 spiro atoms. The summed E-state index contributed by atoms with van der Waals surface area (Å²) in [5.41, 5.74) is 0. The van der Waals surface area contributed by atoms with Gasteiger partial charge in [0, 0.05) is 13.8 Å². The SMILES string of the molecule is CC#N.CC#N.CCC.[O-][Cl+3]([O-])([O-])O.c1ccc([P]([Pd][P](c2ccccc2)c2ccccc2)c2ccccc2)cc1. The molecule has 10 heteroatoms. The van der Waals surface area contributed by atoms with Crippen LogP contribution in [-0.4, -0.2) is 4.66 Å². The zero-order chi connectivity index (χ0) is 30.9. The Labute approximate surface area is 256 Å². The molecule has 0 atom stereocenters. The molecule has 0 radical (unpaired) electrons. The molecule has 0 bridgehead atoms. The van der Waals surface area contributed by atoms with Gasteiger partial charge in [0.05, 0.1) is 27.0 Å². The van der Waals surface area contributed by atoms with Crippen molar-refractivity contribution in [3.8, 4) is 12.1 Å². The third kappa shape index (κ3) is 19.3. The van der Waals surface area contributed by atoms with Gasteiger partial charge in [-0.25, -0.2) is 0 Å². The third-order valence-corrected chi connectivity index (χ3v) is 18.3. The van der Waals surface area contributed by atoms with Crippen LogP contribution in [0, 0.1) is 32.9 Å². The van der Waals surface area contributed by atoms with Gasteiger partial charge in [0.15, 0.2) is 0 Å². The molecule has 0 aliphatic heterocycles. The van der Waals surface area contributed by atoms with E-state index in [1.165, 1.54) is 41.5 Å². The van der Waals surface area contributed by atoms with Crippen molar-refractivity contribution in [3.63, 3.8) is 0 Å². The molecule has 0 amide bonds. The monoisotopic (exact) mass is 702 g/mol. The summed E-state index contributed by atoms with van der Waals surface area (Å²) < 4.78 is 32.7. The molecule has 0 saturated heterocycles. The van der Waals surface area contributed by atoms with Gasteiger partial charge in [0.25, 0.3) is 0 Å². The van der Waals surface area contributed by atoms with E-state index in [9.17, 15) is 0 Å². The number of hydrogen-bond donors (Lipinski definition) is 1. The van der Waals surface area contributed by atoms with Gasteiger partial charge in [-0.05, 0) is 0 Å². The van der Waals surface area contributed by atoms with Gasteiger partial charge in [-0.1, -0.05) is 20.3 Å². The first kappa shape index (κ1) is 38.5. The summed E-state index contributed by atoms with van der Waals surface area (Å²) in [4.78, 5) is 0. The minimum absolute atomic E-state index is 0.359. The number of nitriles is 2. The standard InChI is InChI=1S/2C12H10P.C3H8.2C2H3N.ClHO4.Pd/c2*1-3-7-11(8-4-1)13-12-9-5-2-6-10-12;1-3-2;2*1-2-3;2-1(3,4)5;/h2*1-10H;3H2,1-2H3;2*1H3;(H,2,3,4,5);/q2*-1;;;;;+2. The topological polar surface area (TPSA) is 137 Å². The Balaban J connectivity index is 0.000000965. The van der Waals surface area contributed by atoms with Crippen LogP contribution < -0.4 is 35.2 Å². The van der Waals surface area contributed by atoms with E-state index >= 15 is 0 Å². The molecule has 6 nitrogen and oxygen atoms in total. The van der Waals surface area contributed by atoms with E-state index in [1.807, 2.05) is 0 Å². The van der Waals surface area contributed by atoms with Gasteiger partial charge < -0.3 is 0 Å². The average molecular weight is 703 g/mol. The predicted octanol–water partition coefficient (Wildman–Crippen LogP) is 3.52. The third-order valence-electron chi connectivity index (χ3n) is 3.99. The summed E-state index contributed by atoms with van der Waals surface area (Å²) in [5, 5.41) is 20.6. The van der Waals surface area contributed by atoms with Crippen LogP contribution in [0.4, 0.5) is 0 Å². The van der Waals surface area contributed by atoms with Crippen molar-refractivity contribution in [2.24, 2.45) is 0 Å². The Morgan fingerprint density at radius 1 is 0.585 bits per heavy atom. The molecule has 0 aliphatic rings. The van der Waals surface area contributed by atoms with E-state index < -0.39 is 10.2 Å². The quantitative estimate of drug-likeness (QED) is 0.241. The van der Waals surface area contributed by atoms with E-state index in [-0.39, 0.29) is 12.2 Å². The Morgan fingerprint density at radius 2 is 0.732 bits per heavy atom. The van der Waals surface area contributed by atoms with E-state index in [0.29, 0.717) is 17.0 Å². The fourth-order valence-corrected chi connectivity index (χ4v) is 18.7. The van der Waals surface area contributed by atoms with Gasteiger partial charge in [0.1, 0.15) is 0 Å². The van der Waals surface area contributed by atoms with E-state index in [1.54, 1.807) is 12.1 Å². The summed E-state index contributed by atoms with van der Waals surface area (Å²) in [6.45, 7) is 7.11. The van der Waals surface area contributed by atoms with Crippen molar-refractivity contribution in [2.45, 2.75) is 34.1 Å². The Hall–Kier alpha value is -2.49. The van der Waals surface area contributed by atoms with Crippen molar-refractivity contribution in [3.05, 3.63) is 121 Å². The van der Waals surface area contributed by atoms with Crippen molar-refractivity contribution in [1.82, 2.24) is 0 Å². The molecule has 0 heterocycles. The van der Waals surface area contributed by atoms with Gasteiger partial charge in [-0.3, -0.25) is 0 Å². The molecule has 0 unspecified atom stereocenters. The fourth-order valence-electron chi connectivity index (χ4n) is 2.71. The van der Waals surface area contributed by atoms with Crippen LogP contribution in [0.25, 0.3) is 0 Å². The molecule has 220 valence electrons. The number of benzene rings is 4. The molecule has 4 rings (SSSR count). The van der Waals surface area contributed by atoms with Crippen LogP contribution in [0.1, 0.15) is 34.1 Å². The van der Waals surface area contributed by atoms with Gasteiger partial charge in [0.2, 0.25) is 0 Å². The molecule has 0 aromatic heterocycles. The molecule has 0 aliphatic carbocycles. The van der Waals surface area contributed by atoms with Crippen LogP contribution in [0.15, 0.2) is 121 Å². The first-order chi connectivity index (χ1) is 19.7. The van der Waals surface area contributed by atoms with Crippen LogP contribution in [0.5, 0.6) is 0 Å². The van der Waals surface area contributed by atoms with Gasteiger partial charge >= 0.3 is 172 Å². The van der Waals surface area contributed by atoms with E-state index in [2.05, 4.69) is 135 Å². The molecule has 4 aromatic rings. The zero-order valence-corrected chi connectivity index (χ0v) is 27.5. The summed E-state index contributed by atoms with van der Waals surface area (Å²) >= 11 is 0.598. The average Bonchev–Trinajstić information content (AvgIpc) is 2.96. The maximum absolute atomic E-state index is 8.60. The first-order valence-electron chi connectivity index (χ1n) is 12.3. The van der Waals surface area contributed by atoms with Crippen LogP contribution in [-0.2, 0) is 17.0 Å². The van der Waals surface area contributed by atoms with Gasteiger partial charge in [-0.15, -0.1) is 0 Å². The van der Waals surface area contributed by atoms with Crippen molar-refractivity contribution < 1.29 is 45.9 Å². The normalized spacial score (nSPS) is 9.66. The number of rotatable bonds is 6. The summed E-state index contributed by atoms with van der Waals surface area (Å²) in [5.74, 6) is 0. The Morgan fingerprint density at radius 3 is 0.878 bits per heavy atom. The van der Waals surface area contributed by atoms with Crippen molar-refractivity contribution >= 4 is 33.4 Å². The number of halogens is 1. The molecular weight excluding hydrogens is 668 g/mol. The summed E-state index contributed by atoms with van der Waals surface area (Å²) in [6.07, 6.45) is 0.533. The van der Waals surface area contributed by atoms with Crippen molar-refractivity contribution in [1.29, 1.82) is 10.5 Å². The molecule has 4 aromatic carbocycles. The van der Waals surface area contributed by atoms with E-state index in [0.717, 1.165) is 0 Å². The van der Waals surface area contributed by atoms with Crippen LogP contribution in [0.2, 0.25) is 0 Å². The second kappa shape index (κ2) is 24.1. The summed E-state index contributed by atoms with van der Waals surface area (Å²) in [6, 6.07) is 47.8. The zero-order valence-electron chi connectivity index (χ0n) is 23.4.